The van der Waals surface area contributed by atoms with Crippen molar-refractivity contribution in [2.75, 3.05) is 99.2 Å². The molecule has 24 nitrogen and oxygen atoms in total. The summed E-state index contributed by atoms with van der Waals surface area (Å²) < 4.78 is 140. The maximum Gasteiger partial charge on any atom is 0.419 e. The van der Waals surface area contributed by atoms with Crippen LogP contribution in [0.25, 0.3) is 23.1 Å². The Hall–Kier alpha value is -8.97. The Morgan fingerprint density at radius 2 is 1.03 bits per heavy atom. The molecule has 3 amide bonds. The minimum absolute atomic E-state index is 0.00136. The van der Waals surface area contributed by atoms with Crippen molar-refractivity contribution in [1.82, 2.24) is 48.5 Å². The number of fused-ring (bicyclic) bond motifs is 2. The summed E-state index contributed by atoms with van der Waals surface area (Å²) in [6.07, 6.45) is -6.97. The SMILES string of the molecule is CCc1c(N2CCN(C(=O)OC(C)(C)C)CC2)c(=O)n2nc(C3=COCCO3)nc2n1CC(=O)Nc1ccc(C(F)(F)F)c(F)c1C.CCc1c(N2CCNCC2)c(=O)n2nc(C3=COCCO3)nc2n1CC(=O)Nc1ccc(C(F)(F)F)c(F)c1C. The second-order valence-electron chi connectivity index (χ2n) is 21.3. The zero-order valence-electron chi connectivity index (χ0n) is 48.3. The normalized spacial score (nSPS) is 15.8. The van der Waals surface area contributed by atoms with Crippen molar-refractivity contribution in [1.29, 1.82) is 0 Å². The highest BCUT2D eigenvalue weighted by Crippen LogP contribution is 2.37. The number of ether oxygens (including phenoxy) is 5. The van der Waals surface area contributed by atoms with Crippen molar-refractivity contribution in [3.63, 3.8) is 0 Å². The molecule has 2 saturated heterocycles. The number of nitrogens with zero attached hydrogens (tertiary/aromatic N) is 11. The Balaban J connectivity index is 0.000000210. The topological polar surface area (TPSA) is 248 Å². The number of hydrogen-bond acceptors (Lipinski definition) is 17. The lowest BCUT2D eigenvalue weighted by Gasteiger charge is -2.37. The average molecular weight is 1230 g/mol. The number of halogens is 8. The predicted molar refractivity (Wildman–Crippen MR) is 298 cm³/mol. The molecular weight excluding hydrogens is 1170 g/mol. The summed E-state index contributed by atoms with van der Waals surface area (Å²) >= 11 is 0. The van der Waals surface area contributed by atoms with Crippen LogP contribution < -0.4 is 36.9 Å². The number of nitrogens with one attached hydrogen (secondary N) is 3. The van der Waals surface area contributed by atoms with Crippen LogP contribution in [0.4, 0.5) is 62.7 Å². The van der Waals surface area contributed by atoms with Gasteiger partial charge in [-0.15, -0.1) is 10.2 Å². The quantitative estimate of drug-likeness (QED) is 0.114. The lowest BCUT2D eigenvalue weighted by Crippen LogP contribution is -2.51. The Morgan fingerprint density at radius 3 is 1.40 bits per heavy atom. The van der Waals surface area contributed by atoms with Gasteiger partial charge >= 0.3 is 18.4 Å². The van der Waals surface area contributed by atoms with Crippen molar-refractivity contribution in [2.45, 2.75) is 92.4 Å². The first kappa shape index (κ1) is 62.6. The summed E-state index contributed by atoms with van der Waals surface area (Å²) in [6, 6.07) is 3.14. The Labute approximate surface area is 490 Å². The van der Waals surface area contributed by atoms with Crippen LogP contribution in [0.15, 0.2) is 46.4 Å². The van der Waals surface area contributed by atoms with Gasteiger partial charge in [0.25, 0.3) is 11.1 Å². The Kier molecular flexibility index (Phi) is 18.1. The summed E-state index contributed by atoms with van der Waals surface area (Å²) in [5, 5.41) is 16.9. The van der Waals surface area contributed by atoms with E-state index in [9.17, 15) is 59.1 Å². The lowest BCUT2D eigenvalue weighted by molar-refractivity contribution is -0.140. The first-order chi connectivity index (χ1) is 41.2. The second-order valence-corrected chi connectivity index (χ2v) is 21.3. The van der Waals surface area contributed by atoms with Gasteiger partial charge in [0.15, 0.2) is 0 Å². The molecule has 32 heteroatoms. The molecule has 0 atom stereocenters. The molecule has 0 aliphatic carbocycles. The van der Waals surface area contributed by atoms with Gasteiger partial charge in [0.05, 0.1) is 22.5 Å². The van der Waals surface area contributed by atoms with Crippen LogP contribution in [0.2, 0.25) is 0 Å². The summed E-state index contributed by atoms with van der Waals surface area (Å²) in [6.45, 7) is 15.0. The number of amides is 3. The molecule has 6 aromatic rings. The van der Waals surface area contributed by atoms with Gasteiger partial charge in [-0.1, -0.05) is 13.8 Å². The number of piperazine rings is 2. The van der Waals surface area contributed by atoms with E-state index in [4.69, 9.17) is 23.7 Å². The van der Waals surface area contributed by atoms with E-state index >= 15 is 0 Å². The van der Waals surface area contributed by atoms with Crippen LogP contribution in [0.3, 0.4) is 0 Å². The van der Waals surface area contributed by atoms with Gasteiger partial charge < -0.3 is 63.5 Å². The summed E-state index contributed by atoms with van der Waals surface area (Å²) in [4.78, 5) is 81.2. The fraction of sp³-hybridized carbons (Fsp3) is 0.473. The molecule has 0 spiro atoms. The van der Waals surface area contributed by atoms with Crippen molar-refractivity contribution >= 4 is 63.7 Å². The molecule has 0 unspecified atom stereocenters. The molecule has 0 bridgehead atoms. The van der Waals surface area contributed by atoms with E-state index in [0.717, 1.165) is 35.0 Å². The van der Waals surface area contributed by atoms with E-state index in [1.807, 2.05) is 11.8 Å². The molecule has 8 heterocycles. The van der Waals surface area contributed by atoms with Crippen molar-refractivity contribution in [2.24, 2.45) is 0 Å². The maximum absolute atomic E-state index is 14.6. The van der Waals surface area contributed by atoms with Gasteiger partial charge in [-0.2, -0.15) is 45.3 Å². The van der Waals surface area contributed by atoms with Crippen LogP contribution in [0.1, 0.15) is 79.9 Å². The van der Waals surface area contributed by atoms with Gasteiger partial charge in [0.1, 0.15) is 80.7 Å². The smallest absolute Gasteiger partial charge is 0.419 e. The van der Waals surface area contributed by atoms with Gasteiger partial charge in [0, 0.05) is 74.9 Å². The molecule has 0 radical (unpaired) electrons. The van der Waals surface area contributed by atoms with E-state index in [1.165, 1.54) is 21.7 Å². The first-order valence-corrected chi connectivity index (χ1v) is 27.6. The summed E-state index contributed by atoms with van der Waals surface area (Å²) in [7, 11) is 0. The van der Waals surface area contributed by atoms with Crippen molar-refractivity contribution in [3.8, 4) is 0 Å². The molecular formula is C55H62F8N14O10. The number of carbonyl (C=O) groups is 3. The molecule has 4 aliphatic rings. The third kappa shape index (κ3) is 13.4. The van der Waals surface area contributed by atoms with Crippen LogP contribution in [0.5, 0.6) is 0 Å². The van der Waals surface area contributed by atoms with E-state index in [2.05, 4.69) is 36.1 Å². The number of alkyl halides is 6. The van der Waals surface area contributed by atoms with Crippen LogP contribution in [0, 0.1) is 25.5 Å². The van der Waals surface area contributed by atoms with E-state index in [1.54, 1.807) is 37.5 Å². The van der Waals surface area contributed by atoms with Crippen LogP contribution >= 0.6 is 0 Å². The molecule has 87 heavy (non-hydrogen) atoms. The second kappa shape index (κ2) is 25.2. The molecule has 468 valence electrons. The van der Waals surface area contributed by atoms with Gasteiger partial charge in [0.2, 0.25) is 46.5 Å². The van der Waals surface area contributed by atoms with Crippen LogP contribution in [-0.2, 0) is 71.6 Å². The summed E-state index contributed by atoms with van der Waals surface area (Å²) in [5.41, 5.74) is -3.91. The largest absolute Gasteiger partial charge is 0.494 e. The summed E-state index contributed by atoms with van der Waals surface area (Å²) in [5.74, 6) is -3.74. The van der Waals surface area contributed by atoms with Gasteiger partial charge in [-0.05, 0) is 71.7 Å². The van der Waals surface area contributed by atoms with Crippen molar-refractivity contribution in [3.05, 3.63) is 114 Å². The zero-order chi connectivity index (χ0) is 62.9. The van der Waals surface area contributed by atoms with Gasteiger partial charge in [-0.3, -0.25) is 19.2 Å². The van der Waals surface area contributed by atoms with Crippen LogP contribution in [-0.4, -0.2) is 146 Å². The van der Waals surface area contributed by atoms with E-state index in [-0.39, 0.29) is 115 Å². The Bertz CT molecular complexity index is 3810. The lowest BCUT2D eigenvalue weighted by atomic mass is 10.1. The number of carbonyl (C=O) groups excluding carboxylic acids is 3. The maximum atomic E-state index is 14.6. The predicted octanol–water partition coefficient (Wildman–Crippen LogP) is 6.27. The van der Waals surface area contributed by atoms with E-state index < -0.39 is 76.3 Å². The molecule has 4 aromatic heterocycles. The average Bonchev–Trinajstić information content (AvgIpc) is 1.76. The van der Waals surface area contributed by atoms with Crippen molar-refractivity contribution < 1.29 is 73.2 Å². The Morgan fingerprint density at radius 1 is 0.621 bits per heavy atom. The molecule has 3 N–H and O–H groups in total. The molecule has 2 fully saturated rings. The monoisotopic (exact) mass is 1230 g/mol. The standard InChI is InChI=1S/C30H35F4N7O6.C25H27F4N7O4/c1-6-20-24(38-9-11-39(12-10-38)28(44)47-29(3,4)5)26(43)41-27(36-25(37-41)21-16-45-13-14-46-21)40(20)15-22(42)35-19-8-7-18(30(32,33)34)23(31)17(19)2;1-3-17-21(34-8-6-30-7-9-34)23(38)36-24(32-22(33-36)18-13-39-10-11-40-18)35(17)12-19(37)31-16-5-4-15(25(27,28)29)20(26)14(16)2/h7-8,16H,6,9-15H2,1-5H3,(H,35,42);4-5,13,30H,3,6-12H2,1-2H3,(H,31,37). The third-order valence-corrected chi connectivity index (χ3v) is 14.3. The minimum atomic E-state index is -4.91. The highest BCUT2D eigenvalue weighted by atomic mass is 19.4. The fourth-order valence-corrected chi connectivity index (χ4v) is 10.1. The molecule has 0 saturated carbocycles. The third-order valence-electron chi connectivity index (χ3n) is 14.3. The minimum Gasteiger partial charge on any atom is -0.494 e. The number of anilines is 4. The highest BCUT2D eigenvalue weighted by Gasteiger charge is 2.38. The van der Waals surface area contributed by atoms with E-state index in [0.29, 0.717) is 75.0 Å². The fourth-order valence-electron chi connectivity index (χ4n) is 10.1. The zero-order valence-corrected chi connectivity index (χ0v) is 48.3. The number of hydrogen-bond donors (Lipinski definition) is 3. The molecule has 2 aromatic carbocycles. The first-order valence-electron chi connectivity index (χ1n) is 27.6. The number of benzene rings is 2. The highest BCUT2D eigenvalue weighted by molar-refractivity contribution is 5.92. The molecule has 10 rings (SSSR count). The van der Waals surface area contributed by atoms with Gasteiger partial charge in [-0.25, -0.2) is 13.6 Å². The molecule has 4 aliphatic heterocycles. The number of aromatic nitrogens is 8. The number of rotatable bonds is 12.